The zero-order valence-electron chi connectivity index (χ0n) is 20.9. The number of rotatable bonds is 13. The Labute approximate surface area is 214 Å². The van der Waals surface area contributed by atoms with Gasteiger partial charge >= 0.3 is 0 Å². The Hall–Kier alpha value is -2.58. The summed E-state index contributed by atoms with van der Waals surface area (Å²) in [5.41, 5.74) is 1.57. The molecule has 0 aliphatic carbocycles. The number of carbonyl (C=O) groups excluding carboxylic acids is 2. The molecule has 0 aliphatic heterocycles. The lowest BCUT2D eigenvalue weighted by Gasteiger charge is -2.30. The van der Waals surface area contributed by atoms with Crippen molar-refractivity contribution in [3.8, 4) is 0 Å². The number of anilines is 1. The van der Waals surface area contributed by atoms with Gasteiger partial charge < -0.3 is 10.2 Å². The average molecular weight is 522 g/mol. The number of nitrogens with zero attached hydrogens (tertiary/aromatic N) is 2. The highest BCUT2D eigenvalue weighted by atomic mass is 35.5. The normalized spacial score (nSPS) is 13.1. The minimum absolute atomic E-state index is 0.0127. The van der Waals surface area contributed by atoms with Gasteiger partial charge in [0, 0.05) is 30.6 Å². The number of sulfonamides is 1. The molecule has 0 radical (unpaired) electrons. The Kier molecular flexibility index (Phi) is 11.0. The number of carbonyl (C=O) groups is 2. The van der Waals surface area contributed by atoms with E-state index < -0.39 is 16.1 Å². The molecule has 192 valence electrons. The second-order valence-electron chi connectivity index (χ2n) is 8.73. The number of nitrogens with one attached hydrogen (secondary N) is 1. The lowest BCUT2D eigenvalue weighted by Crippen LogP contribution is -2.50. The third-order valence-electron chi connectivity index (χ3n) is 5.92. The maximum absolute atomic E-state index is 13.2. The van der Waals surface area contributed by atoms with Gasteiger partial charge in [0.1, 0.15) is 6.04 Å². The van der Waals surface area contributed by atoms with Gasteiger partial charge in [0.2, 0.25) is 21.8 Å². The van der Waals surface area contributed by atoms with Gasteiger partial charge in [-0.15, -0.1) is 0 Å². The quantitative estimate of drug-likeness (QED) is 0.426. The SMILES string of the molecule is CC[C@@H](C)NC(=O)[C@@H](C)N(CCc1ccccc1)C(=O)CCCN(c1ccc(Cl)cc1)S(C)(=O)=O. The van der Waals surface area contributed by atoms with Crippen LogP contribution in [0.1, 0.15) is 45.6 Å². The molecule has 7 nitrogen and oxygen atoms in total. The summed E-state index contributed by atoms with van der Waals surface area (Å²) in [5.74, 6) is -0.378. The van der Waals surface area contributed by atoms with Crippen molar-refractivity contribution in [1.82, 2.24) is 10.2 Å². The standard InChI is InChI=1S/C26H36ClN3O4S/c1-5-20(2)28-26(32)21(3)29(19-17-22-10-7-6-8-11-22)25(31)12-9-18-30(35(4,33)34)24-15-13-23(27)14-16-24/h6-8,10-11,13-16,20-21H,5,9,12,17-19H2,1-4H3,(H,28,32)/t20-,21-/m1/s1. The number of benzene rings is 2. The highest BCUT2D eigenvalue weighted by Gasteiger charge is 2.26. The molecule has 35 heavy (non-hydrogen) atoms. The van der Waals surface area contributed by atoms with E-state index >= 15 is 0 Å². The van der Waals surface area contributed by atoms with Crippen molar-refractivity contribution in [2.45, 2.75) is 58.5 Å². The van der Waals surface area contributed by atoms with E-state index in [2.05, 4.69) is 5.32 Å². The average Bonchev–Trinajstić information content (AvgIpc) is 2.82. The van der Waals surface area contributed by atoms with Crippen molar-refractivity contribution >= 4 is 39.1 Å². The predicted octanol–water partition coefficient (Wildman–Crippen LogP) is 4.26. The highest BCUT2D eigenvalue weighted by Crippen LogP contribution is 2.21. The largest absolute Gasteiger partial charge is 0.352 e. The number of hydrogen-bond donors (Lipinski definition) is 1. The van der Waals surface area contributed by atoms with Crippen LogP contribution >= 0.6 is 11.6 Å². The Bertz CT molecular complexity index is 1060. The van der Waals surface area contributed by atoms with Gasteiger partial charge in [0.15, 0.2) is 0 Å². The van der Waals surface area contributed by atoms with E-state index in [0.717, 1.165) is 18.2 Å². The van der Waals surface area contributed by atoms with Gasteiger partial charge in [-0.05, 0) is 62.9 Å². The van der Waals surface area contributed by atoms with Crippen LogP contribution in [0.3, 0.4) is 0 Å². The van der Waals surface area contributed by atoms with Crippen LogP contribution < -0.4 is 9.62 Å². The summed E-state index contributed by atoms with van der Waals surface area (Å²) in [6, 6.07) is 15.7. The molecule has 0 aliphatic rings. The van der Waals surface area contributed by atoms with E-state index in [-0.39, 0.29) is 30.8 Å². The predicted molar refractivity (Wildman–Crippen MR) is 142 cm³/mol. The summed E-state index contributed by atoms with van der Waals surface area (Å²) in [4.78, 5) is 27.6. The summed E-state index contributed by atoms with van der Waals surface area (Å²) in [5, 5.41) is 3.46. The van der Waals surface area contributed by atoms with E-state index in [1.165, 1.54) is 4.31 Å². The Balaban J connectivity index is 2.10. The monoisotopic (exact) mass is 521 g/mol. The lowest BCUT2D eigenvalue weighted by molar-refractivity contribution is -0.140. The molecule has 2 aromatic rings. The van der Waals surface area contributed by atoms with Gasteiger partial charge in [0.05, 0.1) is 11.9 Å². The minimum Gasteiger partial charge on any atom is -0.352 e. The molecule has 2 rings (SSSR count). The van der Waals surface area contributed by atoms with Gasteiger partial charge in [-0.25, -0.2) is 8.42 Å². The highest BCUT2D eigenvalue weighted by molar-refractivity contribution is 7.92. The number of hydrogen-bond acceptors (Lipinski definition) is 4. The van der Waals surface area contributed by atoms with Crippen LogP contribution in [0.15, 0.2) is 54.6 Å². The molecule has 0 fully saturated rings. The third kappa shape index (κ3) is 9.18. The maximum Gasteiger partial charge on any atom is 0.242 e. The maximum atomic E-state index is 13.2. The van der Waals surface area contributed by atoms with Crippen molar-refractivity contribution in [3.05, 3.63) is 65.2 Å². The van der Waals surface area contributed by atoms with E-state index in [1.54, 1.807) is 36.1 Å². The zero-order chi connectivity index (χ0) is 26.0. The Morgan fingerprint density at radius 3 is 2.20 bits per heavy atom. The van der Waals surface area contributed by atoms with Gasteiger partial charge in [-0.2, -0.15) is 0 Å². The van der Waals surface area contributed by atoms with Crippen LogP contribution in [0, 0.1) is 0 Å². The molecule has 0 bridgehead atoms. The topological polar surface area (TPSA) is 86.8 Å². The molecule has 2 aromatic carbocycles. The van der Waals surface area contributed by atoms with E-state index in [1.807, 2.05) is 44.2 Å². The van der Waals surface area contributed by atoms with Crippen molar-refractivity contribution in [1.29, 1.82) is 0 Å². The van der Waals surface area contributed by atoms with Crippen LogP contribution in [0.2, 0.25) is 5.02 Å². The second-order valence-corrected chi connectivity index (χ2v) is 11.1. The molecule has 0 spiro atoms. The van der Waals surface area contributed by atoms with Crippen LogP contribution in [-0.4, -0.2) is 56.6 Å². The first kappa shape index (κ1) is 28.7. The molecule has 2 atom stereocenters. The number of amides is 2. The first-order valence-corrected chi connectivity index (χ1v) is 14.1. The van der Waals surface area contributed by atoms with Gasteiger partial charge in [-0.1, -0.05) is 48.9 Å². The van der Waals surface area contributed by atoms with Crippen molar-refractivity contribution < 1.29 is 18.0 Å². The summed E-state index contributed by atoms with van der Waals surface area (Å²) >= 11 is 5.93. The molecule has 0 heterocycles. The molecule has 0 saturated carbocycles. The first-order valence-electron chi connectivity index (χ1n) is 11.9. The van der Waals surface area contributed by atoms with Crippen molar-refractivity contribution in [2.24, 2.45) is 0 Å². The fourth-order valence-corrected chi connectivity index (χ4v) is 4.74. The zero-order valence-corrected chi connectivity index (χ0v) is 22.5. The van der Waals surface area contributed by atoms with Crippen molar-refractivity contribution in [3.63, 3.8) is 0 Å². The molecule has 9 heteroatoms. The number of halogens is 1. The molecular formula is C26H36ClN3O4S. The van der Waals surface area contributed by atoms with E-state index in [0.29, 0.717) is 30.1 Å². The summed E-state index contributed by atoms with van der Waals surface area (Å²) in [6.07, 6.45) is 2.98. The Morgan fingerprint density at radius 2 is 1.63 bits per heavy atom. The van der Waals surface area contributed by atoms with Crippen molar-refractivity contribution in [2.75, 3.05) is 23.7 Å². The second kappa shape index (κ2) is 13.5. The molecule has 0 saturated heterocycles. The summed E-state index contributed by atoms with van der Waals surface area (Å²) in [6.45, 7) is 6.19. The van der Waals surface area contributed by atoms with Crippen LogP contribution in [0.25, 0.3) is 0 Å². The summed E-state index contributed by atoms with van der Waals surface area (Å²) in [7, 11) is -3.54. The molecule has 2 amide bonds. The van der Waals surface area contributed by atoms with Gasteiger partial charge in [-0.3, -0.25) is 13.9 Å². The van der Waals surface area contributed by atoms with E-state index in [4.69, 9.17) is 11.6 Å². The van der Waals surface area contributed by atoms with Gasteiger partial charge in [0.25, 0.3) is 0 Å². The fourth-order valence-electron chi connectivity index (χ4n) is 3.65. The van der Waals surface area contributed by atoms with E-state index in [9.17, 15) is 18.0 Å². The first-order chi connectivity index (χ1) is 16.5. The molecule has 0 aromatic heterocycles. The smallest absolute Gasteiger partial charge is 0.242 e. The van der Waals surface area contributed by atoms with Crippen LogP contribution in [0.4, 0.5) is 5.69 Å². The molecule has 0 unspecified atom stereocenters. The summed E-state index contributed by atoms with van der Waals surface area (Å²) < 4.78 is 26.0. The minimum atomic E-state index is -3.54. The Morgan fingerprint density at radius 1 is 1.00 bits per heavy atom. The van der Waals surface area contributed by atoms with Crippen LogP contribution in [-0.2, 0) is 26.0 Å². The van der Waals surface area contributed by atoms with Crippen LogP contribution in [0.5, 0.6) is 0 Å². The molecule has 1 N–H and O–H groups in total. The molecular weight excluding hydrogens is 486 g/mol. The fraction of sp³-hybridized carbons (Fsp3) is 0.462. The third-order valence-corrected chi connectivity index (χ3v) is 7.37. The lowest BCUT2D eigenvalue weighted by atomic mass is 10.1.